The standard InChI is InChI=1S/C17H18N2O/c1-11-4-3-5-15-17(11)20-16(19-15)10-12(2)13-6-8-14(18)9-7-13/h3-9,12H,10,18H2,1-2H3. The molecule has 1 aromatic heterocycles. The Morgan fingerprint density at radius 2 is 1.90 bits per heavy atom. The zero-order valence-electron chi connectivity index (χ0n) is 11.8. The molecule has 0 aliphatic heterocycles. The van der Waals surface area contributed by atoms with Gasteiger partial charge in [0, 0.05) is 12.1 Å². The van der Waals surface area contributed by atoms with Gasteiger partial charge >= 0.3 is 0 Å². The van der Waals surface area contributed by atoms with Gasteiger partial charge in [-0.2, -0.15) is 0 Å². The number of hydrogen-bond donors (Lipinski definition) is 1. The average molecular weight is 266 g/mol. The van der Waals surface area contributed by atoms with Gasteiger partial charge in [-0.3, -0.25) is 0 Å². The van der Waals surface area contributed by atoms with Gasteiger partial charge in [0.25, 0.3) is 0 Å². The predicted octanol–water partition coefficient (Wildman–Crippen LogP) is 4.06. The zero-order valence-corrected chi connectivity index (χ0v) is 11.8. The van der Waals surface area contributed by atoms with E-state index in [-0.39, 0.29) is 0 Å². The van der Waals surface area contributed by atoms with Gasteiger partial charge in [-0.15, -0.1) is 0 Å². The van der Waals surface area contributed by atoms with Crippen molar-refractivity contribution in [3.05, 3.63) is 59.5 Å². The second-order valence-electron chi connectivity index (χ2n) is 5.30. The van der Waals surface area contributed by atoms with Crippen molar-refractivity contribution in [3.63, 3.8) is 0 Å². The molecule has 3 nitrogen and oxygen atoms in total. The molecule has 20 heavy (non-hydrogen) atoms. The highest BCUT2D eigenvalue weighted by molar-refractivity contribution is 5.75. The summed E-state index contributed by atoms with van der Waals surface area (Å²) in [6.07, 6.45) is 0.790. The van der Waals surface area contributed by atoms with Crippen molar-refractivity contribution >= 4 is 16.8 Å². The van der Waals surface area contributed by atoms with Crippen LogP contribution in [0.1, 0.15) is 29.9 Å². The third kappa shape index (κ3) is 2.39. The number of benzene rings is 2. The first-order valence-corrected chi connectivity index (χ1v) is 6.84. The molecular formula is C17H18N2O. The first-order valence-electron chi connectivity index (χ1n) is 6.84. The van der Waals surface area contributed by atoms with Crippen LogP contribution in [0.5, 0.6) is 0 Å². The number of fused-ring (bicyclic) bond motifs is 1. The maximum atomic E-state index is 5.88. The molecule has 2 aromatic carbocycles. The summed E-state index contributed by atoms with van der Waals surface area (Å²) < 4.78 is 5.88. The summed E-state index contributed by atoms with van der Waals surface area (Å²) in [6.45, 7) is 4.22. The molecule has 2 N–H and O–H groups in total. The maximum absolute atomic E-state index is 5.88. The van der Waals surface area contributed by atoms with Crippen LogP contribution in [-0.4, -0.2) is 4.98 Å². The van der Waals surface area contributed by atoms with E-state index in [9.17, 15) is 0 Å². The Balaban J connectivity index is 1.85. The van der Waals surface area contributed by atoms with Gasteiger partial charge in [-0.1, -0.05) is 31.2 Å². The molecule has 102 valence electrons. The van der Waals surface area contributed by atoms with Crippen LogP contribution < -0.4 is 5.73 Å². The lowest BCUT2D eigenvalue weighted by Gasteiger charge is -2.09. The molecule has 3 heteroatoms. The summed E-state index contributed by atoms with van der Waals surface area (Å²) in [5, 5.41) is 0. The topological polar surface area (TPSA) is 52.0 Å². The fraction of sp³-hybridized carbons (Fsp3) is 0.235. The molecule has 0 amide bonds. The molecule has 1 atom stereocenters. The second kappa shape index (κ2) is 5.00. The fourth-order valence-corrected chi connectivity index (χ4v) is 2.42. The third-order valence-corrected chi connectivity index (χ3v) is 3.64. The van der Waals surface area contributed by atoms with Crippen LogP contribution in [0.4, 0.5) is 5.69 Å². The minimum absolute atomic E-state index is 0.351. The molecular weight excluding hydrogens is 248 g/mol. The Labute approximate surface area is 118 Å². The second-order valence-corrected chi connectivity index (χ2v) is 5.30. The Hall–Kier alpha value is -2.29. The average Bonchev–Trinajstić information content (AvgIpc) is 2.83. The van der Waals surface area contributed by atoms with Gasteiger partial charge in [0.1, 0.15) is 5.52 Å². The van der Waals surface area contributed by atoms with E-state index < -0.39 is 0 Å². The third-order valence-electron chi connectivity index (χ3n) is 3.64. The molecule has 0 saturated carbocycles. The van der Waals surface area contributed by atoms with Crippen molar-refractivity contribution in [2.24, 2.45) is 0 Å². The Bertz CT molecular complexity index is 728. The number of rotatable bonds is 3. The van der Waals surface area contributed by atoms with E-state index >= 15 is 0 Å². The highest BCUT2D eigenvalue weighted by atomic mass is 16.3. The molecule has 0 fully saturated rings. The number of hydrogen-bond acceptors (Lipinski definition) is 3. The lowest BCUT2D eigenvalue weighted by Crippen LogP contribution is -1.99. The summed E-state index contributed by atoms with van der Waals surface area (Å²) in [5.41, 5.74) is 10.7. The summed E-state index contributed by atoms with van der Waals surface area (Å²) in [4.78, 5) is 4.57. The lowest BCUT2D eigenvalue weighted by atomic mass is 9.98. The Morgan fingerprint density at radius 3 is 2.60 bits per heavy atom. The van der Waals surface area contributed by atoms with Crippen molar-refractivity contribution in [1.29, 1.82) is 0 Å². The summed E-state index contributed by atoms with van der Waals surface area (Å²) in [6, 6.07) is 14.0. The highest BCUT2D eigenvalue weighted by Gasteiger charge is 2.12. The quantitative estimate of drug-likeness (QED) is 0.727. The van der Waals surface area contributed by atoms with Gasteiger partial charge in [0.05, 0.1) is 0 Å². The van der Waals surface area contributed by atoms with Gasteiger partial charge < -0.3 is 10.2 Å². The van der Waals surface area contributed by atoms with E-state index in [0.29, 0.717) is 5.92 Å². The number of nitrogens with two attached hydrogens (primary N) is 1. The summed E-state index contributed by atoms with van der Waals surface area (Å²) in [7, 11) is 0. The number of para-hydroxylation sites is 1. The largest absolute Gasteiger partial charge is 0.440 e. The normalized spacial score (nSPS) is 12.7. The van der Waals surface area contributed by atoms with Gasteiger partial charge in [-0.05, 0) is 42.2 Å². The number of anilines is 1. The first-order chi connectivity index (χ1) is 9.63. The number of aryl methyl sites for hydroxylation is 1. The molecule has 3 rings (SSSR count). The maximum Gasteiger partial charge on any atom is 0.196 e. The first kappa shape index (κ1) is 12.7. The van der Waals surface area contributed by atoms with E-state index in [1.54, 1.807) is 0 Å². The zero-order chi connectivity index (χ0) is 14.1. The van der Waals surface area contributed by atoms with Gasteiger partial charge in [0.15, 0.2) is 11.5 Å². The Morgan fingerprint density at radius 1 is 1.15 bits per heavy atom. The van der Waals surface area contributed by atoms with Gasteiger partial charge in [-0.25, -0.2) is 4.98 Å². The predicted molar refractivity (Wildman–Crippen MR) is 81.7 cm³/mol. The van der Waals surface area contributed by atoms with Crippen molar-refractivity contribution in [2.45, 2.75) is 26.2 Å². The number of nitrogen functional groups attached to an aromatic ring is 1. The van der Waals surface area contributed by atoms with Crippen LogP contribution in [-0.2, 0) is 6.42 Å². The van der Waals surface area contributed by atoms with Crippen LogP contribution in [0.25, 0.3) is 11.1 Å². The van der Waals surface area contributed by atoms with Crippen molar-refractivity contribution in [3.8, 4) is 0 Å². The molecule has 1 heterocycles. The smallest absolute Gasteiger partial charge is 0.196 e. The van der Waals surface area contributed by atoms with Crippen LogP contribution in [0.3, 0.4) is 0 Å². The van der Waals surface area contributed by atoms with Gasteiger partial charge in [0.2, 0.25) is 0 Å². The minimum atomic E-state index is 0.351. The Kier molecular flexibility index (Phi) is 3.18. The SMILES string of the molecule is Cc1cccc2nc(CC(C)c3ccc(N)cc3)oc12. The molecule has 0 aliphatic carbocycles. The van der Waals surface area contributed by atoms with Crippen LogP contribution in [0.15, 0.2) is 46.9 Å². The monoisotopic (exact) mass is 266 g/mol. The van der Waals surface area contributed by atoms with Crippen molar-refractivity contribution in [2.75, 3.05) is 5.73 Å². The van der Waals surface area contributed by atoms with E-state index in [1.807, 2.05) is 37.3 Å². The van der Waals surface area contributed by atoms with E-state index in [0.717, 1.165) is 34.7 Å². The van der Waals surface area contributed by atoms with E-state index in [4.69, 9.17) is 10.2 Å². The highest BCUT2D eigenvalue weighted by Crippen LogP contribution is 2.25. The fourth-order valence-electron chi connectivity index (χ4n) is 2.42. The van der Waals surface area contributed by atoms with Crippen molar-refractivity contribution < 1.29 is 4.42 Å². The van der Waals surface area contributed by atoms with Crippen LogP contribution in [0, 0.1) is 6.92 Å². The van der Waals surface area contributed by atoms with E-state index in [2.05, 4.69) is 24.0 Å². The number of oxazole rings is 1. The molecule has 1 unspecified atom stereocenters. The lowest BCUT2D eigenvalue weighted by molar-refractivity contribution is 0.506. The molecule has 0 bridgehead atoms. The molecule has 0 radical (unpaired) electrons. The van der Waals surface area contributed by atoms with Crippen molar-refractivity contribution in [1.82, 2.24) is 4.98 Å². The van der Waals surface area contributed by atoms with E-state index in [1.165, 1.54) is 5.56 Å². The molecule has 0 saturated heterocycles. The number of nitrogens with zero attached hydrogens (tertiary/aromatic N) is 1. The summed E-state index contributed by atoms with van der Waals surface area (Å²) >= 11 is 0. The van der Waals surface area contributed by atoms with Crippen LogP contribution >= 0.6 is 0 Å². The van der Waals surface area contributed by atoms with Crippen LogP contribution in [0.2, 0.25) is 0 Å². The number of aromatic nitrogens is 1. The summed E-state index contributed by atoms with van der Waals surface area (Å²) in [5.74, 6) is 1.14. The molecule has 0 spiro atoms. The molecule has 3 aromatic rings. The molecule has 0 aliphatic rings. The minimum Gasteiger partial charge on any atom is -0.440 e.